The summed E-state index contributed by atoms with van der Waals surface area (Å²) in [5, 5.41) is 7.72. The highest BCUT2D eigenvalue weighted by molar-refractivity contribution is 9.10. The number of pyridine rings is 1. The summed E-state index contributed by atoms with van der Waals surface area (Å²) in [5.74, 6) is 0. The monoisotopic (exact) mass is 329 g/mol. The number of aromatic amines is 1. The molecule has 0 unspecified atom stereocenters. The topological polar surface area (TPSA) is 89.6 Å². The highest BCUT2D eigenvalue weighted by Gasteiger charge is 2.14. The van der Waals surface area contributed by atoms with Crippen LogP contribution in [0.2, 0.25) is 0 Å². The molecule has 0 radical (unpaired) electrons. The molecule has 8 heteroatoms. The van der Waals surface area contributed by atoms with Crippen molar-refractivity contribution in [1.82, 2.24) is 19.7 Å². The molecule has 0 atom stereocenters. The minimum atomic E-state index is -0.223. The van der Waals surface area contributed by atoms with Gasteiger partial charge in [0.1, 0.15) is 5.03 Å². The van der Waals surface area contributed by atoms with Crippen LogP contribution in [0.5, 0.6) is 0 Å². The van der Waals surface area contributed by atoms with Crippen molar-refractivity contribution in [3.8, 4) is 0 Å². The molecule has 0 spiro atoms. The third-order valence-electron chi connectivity index (χ3n) is 2.21. The van der Waals surface area contributed by atoms with Crippen LogP contribution in [-0.4, -0.2) is 19.7 Å². The first-order valence-electron chi connectivity index (χ1n) is 5.25. The molecular weight excluding hydrogens is 318 g/mol. The maximum absolute atomic E-state index is 11.6. The van der Waals surface area contributed by atoms with Gasteiger partial charge in [0.05, 0.1) is 16.4 Å². The third kappa shape index (κ3) is 2.59. The van der Waals surface area contributed by atoms with Gasteiger partial charge in [-0.2, -0.15) is 0 Å². The summed E-state index contributed by atoms with van der Waals surface area (Å²) < 4.78 is 2.35. The molecule has 0 aliphatic heterocycles. The zero-order valence-corrected chi connectivity index (χ0v) is 12.2. The number of nitrogen functional groups attached to an aromatic ring is 1. The molecule has 0 saturated carbocycles. The van der Waals surface area contributed by atoms with E-state index in [9.17, 15) is 4.79 Å². The van der Waals surface area contributed by atoms with Gasteiger partial charge in [-0.1, -0.05) is 0 Å². The van der Waals surface area contributed by atoms with Crippen molar-refractivity contribution in [2.24, 2.45) is 0 Å². The fraction of sp³-hybridized carbons (Fsp3) is 0.300. The summed E-state index contributed by atoms with van der Waals surface area (Å²) in [6, 6.07) is 1.80. The molecule has 2 rings (SSSR count). The van der Waals surface area contributed by atoms with E-state index >= 15 is 0 Å². The van der Waals surface area contributed by atoms with Gasteiger partial charge in [0.2, 0.25) is 0 Å². The largest absolute Gasteiger partial charge is 0.397 e. The second-order valence-electron chi connectivity index (χ2n) is 3.93. The molecule has 0 fully saturated rings. The lowest BCUT2D eigenvalue weighted by Crippen LogP contribution is -2.19. The summed E-state index contributed by atoms with van der Waals surface area (Å²) >= 11 is 4.69. The molecule has 0 amide bonds. The Balaban J connectivity index is 2.37. The van der Waals surface area contributed by atoms with Gasteiger partial charge in [-0.05, 0) is 47.6 Å². The van der Waals surface area contributed by atoms with Crippen LogP contribution in [0.25, 0.3) is 0 Å². The van der Waals surface area contributed by atoms with E-state index in [4.69, 9.17) is 5.73 Å². The summed E-state index contributed by atoms with van der Waals surface area (Å²) in [6.45, 7) is 3.85. The molecule has 0 aliphatic rings. The molecule has 0 saturated heterocycles. The molecule has 6 nitrogen and oxygen atoms in total. The first-order valence-corrected chi connectivity index (χ1v) is 6.85. The average molecular weight is 330 g/mol. The molecule has 96 valence electrons. The lowest BCUT2D eigenvalue weighted by Gasteiger charge is -2.08. The van der Waals surface area contributed by atoms with Crippen molar-refractivity contribution >= 4 is 33.4 Å². The first kappa shape index (κ1) is 13.2. The van der Waals surface area contributed by atoms with Gasteiger partial charge in [0.25, 0.3) is 0 Å². The van der Waals surface area contributed by atoms with Gasteiger partial charge in [0.15, 0.2) is 5.16 Å². The Hall–Kier alpha value is -1.28. The maximum Gasteiger partial charge on any atom is 0.344 e. The standard InChI is InChI=1S/C10H12BrN5OS/c1-5(2)16-9(17)14-15-10(16)18-8-7(11)3-6(12)4-13-8/h3-5H,12H2,1-2H3,(H,14,17). The molecule has 0 bridgehead atoms. The normalized spacial score (nSPS) is 11.1. The quantitative estimate of drug-likeness (QED) is 0.899. The van der Waals surface area contributed by atoms with Crippen molar-refractivity contribution in [1.29, 1.82) is 0 Å². The van der Waals surface area contributed by atoms with E-state index in [1.807, 2.05) is 13.8 Å². The molecular formula is C10H12BrN5OS. The van der Waals surface area contributed by atoms with Gasteiger partial charge in [-0.25, -0.2) is 14.9 Å². The van der Waals surface area contributed by atoms with Crippen LogP contribution < -0.4 is 11.4 Å². The Morgan fingerprint density at radius 3 is 2.89 bits per heavy atom. The molecule has 0 aromatic carbocycles. The van der Waals surface area contributed by atoms with Gasteiger partial charge < -0.3 is 5.73 Å². The van der Waals surface area contributed by atoms with E-state index in [1.54, 1.807) is 16.8 Å². The third-order valence-corrected chi connectivity index (χ3v) is 4.06. The summed E-state index contributed by atoms with van der Waals surface area (Å²) in [7, 11) is 0. The summed E-state index contributed by atoms with van der Waals surface area (Å²) in [5.41, 5.74) is 5.98. The van der Waals surface area contributed by atoms with Crippen LogP contribution in [0.3, 0.4) is 0 Å². The lowest BCUT2D eigenvalue weighted by molar-refractivity contribution is 0.534. The van der Waals surface area contributed by atoms with Gasteiger partial charge in [0, 0.05) is 6.04 Å². The molecule has 0 aliphatic carbocycles. The second kappa shape index (κ2) is 5.15. The van der Waals surface area contributed by atoms with Gasteiger partial charge in [-0.15, -0.1) is 5.10 Å². The predicted molar refractivity (Wildman–Crippen MR) is 73.7 cm³/mol. The van der Waals surface area contributed by atoms with Crippen molar-refractivity contribution in [3.63, 3.8) is 0 Å². The number of anilines is 1. The Morgan fingerprint density at radius 2 is 2.28 bits per heavy atom. The van der Waals surface area contributed by atoms with Crippen LogP contribution in [0.1, 0.15) is 19.9 Å². The molecule has 3 N–H and O–H groups in total. The van der Waals surface area contributed by atoms with E-state index in [-0.39, 0.29) is 11.7 Å². The number of halogens is 1. The van der Waals surface area contributed by atoms with E-state index in [0.29, 0.717) is 15.9 Å². The Labute approximate surface area is 116 Å². The van der Waals surface area contributed by atoms with E-state index < -0.39 is 0 Å². The van der Waals surface area contributed by atoms with Crippen molar-refractivity contribution in [2.45, 2.75) is 30.1 Å². The van der Waals surface area contributed by atoms with Crippen molar-refractivity contribution in [3.05, 3.63) is 27.2 Å². The molecule has 2 aromatic rings. The Kier molecular flexibility index (Phi) is 3.76. The number of aromatic nitrogens is 4. The molecule has 18 heavy (non-hydrogen) atoms. The van der Waals surface area contributed by atoms with Crippen LogP contribution >= 0.6 is 27.7 Å². The van der Waals surface area contributed by atoms with Gasteiger partial charge in [-0.3, -0.25) is 4.57 Å². The van der Waals surface area contributed by atoms with Crippen LogP contribution in [0, 0.1) is 0 Å². The van der Waals surface area contributed by atoms with Crippen LogP contribution in [0.4, 0.5) is 5.69 Å². The summed E-state index contributed by atoms with van der Waals surface area (Å²) in [4.78, 5) is 15.8. The SMILES string of the molecule is CC(C)n1c(Sc2ncc(N)cc2Br)n[nH]c1=O. The zero-order chi connectivity index (χ0) is 13.3. The second-order valence-corrected chi connectivity index (χ2v) is 5.74. The lowest BCUT2D eigenvalue weighted by atomic mass is 10.4. The fourth-order valence-electron chi connectivity index (χ4n) is 1.42. The summed E-state index contributed by atoms with van der Waals surface area (Å²) in [6.07, 6.45) is 1.57. The Morgan fingerprint density at radius 1 is 1.56 bits per heavy atom. The number of nitrogens with zero attached hydrogens (tertiary/aromatic N) is 3. The number of nitrogens with one attached hydrogen (secondary N) is 1. The maximum atomic E-state index is 11.6. The predicted octanol–water partition coefficient (Wildman–Crippen LogP) is 2.04. The van der Waals surface area contributed by atoms with E-state index in [0.717, 1.165) is 4.47 Å². The van der Waals surface area contributed by atoms with E-state index in [2.05, 4.69) is 31.1 Å². The minimum absolute atomic E-state index is 0.0336. The molecule has 2 aromatic heterocycles. The van der Waals surface area contributed by atoms with Crippen molar-refractivity contribution in [2.75, 3.05) is 5.73 Å². The highest BCUT2D eigenvalue weighted by Crippen LogP contribution is 2.31. The smallest absolute Gasteiger partial charge is 0.344 e. The van der Waals surface area contributed by atoms with Crippen molar-refractivity contribution < 1.29 is 0 Å². The van der Waals surface area contributed by atoms with Crippen LogP contribution in [0.15, 0.2) is 31.7 Å². The number of rotatable bonds is 3. The Bertz CT molecular complexity index is 621. The number of hydrogen-bond donors (Lipinski definition) is 2. The number of nitrogens with two attached hydrogens (primary N) is 1. The fourth-order valence-corrected chi connectivity index (χ4v) is 2.95. The molecule has 2 heterocycles. The van der Waals surface area contributed by atoms with E-state index in [1.165, 1.54) is 11.8 Å². The van der Waals surface area contributed by atoms with Gasteiger partial charge >= 0.3 is 5.69 Å². The first-order chi connectivity index (χ1) is 8.49. The highest BCUT2D eigenvalue weighted by atomic mass is 79.9. The van der Waals surface area contributed by atoms with Crippen LogP contribution in [-0.2, 0) is 0 Å². The average Bonchev–Trinajstić information content (AvgIpc) is 2.64. The zero-order valence-electron chi connectivity index (χ0n) is 9.85. The minimum Gasteiger partial charge on any atom is -0.397 e. The number of hydrogen-bond acceptors (Lipinski definition) is 5. The number of H-pyrrole nitrogens is 1.